The summed E-state index contributed by atoms with van der Waals surface area (Å²) in [6.45, 7) is -0.387. The van der Waals surface area contributed by atoms with Gasteiger partial charge in [0.15, 0.2) is 12.4 Å². The SMILES string of the molecule is NC(=O)CN(CCCc1ccccc1)C(=O)COc1c(Cl)cccc1C(=O)O. The van der Waals surface area contributed by atoms with E-state index in [0.29, 0.717) is 13.0 Å². The summed E-state index contributed by atoms with van der Waals surface area (Å²) in [6.07, 6.45) is 1.37. The Morgan fingerprint density at radius 3 is 2.43 bits per heavy atom. The summed E-state index contributed by atoms with van der Waals surface area (Å²) in [6, 6.07) is 14.0. The van der Waals surface area contributed by atoms with E-state index in [-0.39, 0.29) is 22.9 Å². The molecule has 0 saturated carbocycles. The van der Waals surface area contributed by atoms with Crippen LogP contribution in [-0.4, -0.2) is 47.5 Å². The number of primary amides is 1. The highest BCUT2D eigenvalue weighted by atomic mass is 35.5. The number of aryl methyl sites for hydroxylation is 1. The minimum Gasteiger partial charge on any atom is -0.481 e. The number of amides is 2. The number of carbonyl (C=O) groups is 3. The molecule has 0 atom stereocenters. The van der Waals surface area contributed by atoms with Crippen molar-refractivity contribution in [2.45, 2.75) is 12.8 Å². The Balaban J connectivity index is 1.99. The number of hydrogen-bond donors (Lipinski definition) is 2. The first kappa shape index (κ1) is 21.2. The predicted molar refractivity (Wildman–Crippen MR) is 104 cm³/mol. The number of benzene rings is 2. The Morgan fingerprint density at radius 2 is 1.79 bits per heavy atom. The number of ether oxygens (including phenoxy) is 1. The van der Waals surface area contributed by atoms with Gasteiger partial charge in [-0.05, 0) is 30.5 Å². The molecule has 0 aliphatic heterocycles. The predicted octanol–water partition coefficient (Wildman–Crippen LogP) is 2.36. The van der Waals surface area contributed by atoms with Crippen molar-refractivity contribution in [1.29, 1.82) is 0 Å². The molecule has 0 aliphatic carbocycles. The number of nitrogens with zero attached hydrogens (tertiary/aromatic N) is 1. The zero-order valence-corrected chi connectivity index (χ0v) is 15.9. The van der Waals surface area contributed by atoms with Gasteiger partial charge in [-0.15, -0.1) is 0 Å². The molecular weight excluding hydrogens is 384 g/mol. The van der Waals surface area contributed by atoms with Crippen LogP contribution in [0.3, 0.4) is 0 Å². The summed E-state index contributed by atoms with van der Waals surface area (Å²) < 4.78 is 5.36. The van der Waals surface area contributed by atoms with Crippen LogP contribution in [0.4, 0.5) is 0 Å². The Kier molecular flexibility index (Phi) is 7.83. The molecule has 0 spiro atoms. The monoisotopic (exact) mass is 404 g/mol. The van der Waals surface area contributed by atoms with Gasteiger partial charge in [-0.25, -0.2) is 4.79 Å². The molecular formula is C20H21ClN2O5. The summed E-state index contributed by atoms with van der Waals surface area (Å²) in [5.41, 5.74) is 6.21. The number of carboxylic acids is 1. The lowest BCUT2D eigenvalue weighted by Gasteiger charge is -2.21. The van der Waals surface area contributed by atoms with Gasteiger partial charge in [0.25, 0.3) is 5.91 Å². The summed E-state index contributed by atoms with van der Waals surface area (Å²) in [5.74, 6) is -2.43. The van der Waals surface area contributed by atoms with Gasteiger partial charge in [0, 0.05) is 6.54 Å². The van der Waals surface area contributed by atoms with E-state index in [9.17, 15) is 19.5 Å². The molecule has 0 aromatic heterocycles. The number of aromatic carboxylic acids is 1. The molecule has 0 saturated heterocycles. The lowest BCUT2D eigenvalue weighted by Crippen LogP contribution is -2.41. The molecule has 0 bridgehead atoms. The second-order valence-corrected chi connectivity index (χ2v) is 6.49. The molecule has 2 amide bonds. The molecule has 2 rings (SSSR count). The average Bonchev–Trinajstić information content (AvgIpc) is 2.66. The summed E-state index contributed by atoms with van der Waals surface area (Å²) in [4.78, 5) is 36.4. The lowest BCUT2D eigenvalue weighted by molar-refractivity contribution is -0.137. The lowest BCUT2D eigenvalue weighted by atomic mass is 10.1. The van der Waals surface area contributed by atoms with Crippen LogP contribution in [0.25, 0.3) is 0 Å². The number of para-hydroxylation sites is 1. The zero-order valence-electron chi connectivity index (χ0n) is 15.1. The van der Waals surface area contributed by atoms with E-state index in [1.807, 2.05) is 30.3 Å². The van der Waals surface area contributed by atoms with Crippen molar-refractivity contribution in [3.8, 4) is 5.75 Å². The maximum atomic E-state index is 12.5. The maximum Gasteiger partial charge on any atom is 0.339 e. The largest absolute Gasteiger partial charge is 0.481 e. The van der Waals surface area contributed by atoms with Gasteiger partial charge in [0.2, 0.25) is 5.91 Å². The topological polar surface area (TPSA) is 110 Å². The van der Waals surface area contributed by atoms with Crippen LogP contribution in [0.15, 0.2) is 48.5 Å². The van der Waals surface area contributed by atoms with Crippen molar-refractivity contribution in [2.24, 2.45) is 5.73 Å². The van der Waals surface area contributed by atoms with E-state index in [2.05, 4.69) is 0 Å². The maximum absolute atomic E-state index is 12.5. The average molecular weight is 405 g/mol. The van der Waals surface area contributed by atoms with E-state index in [1.54, 1.807) is 0 Å². The number of hydrogen-bond acceptors (Lipinski definition) is 4. The van der Waals surface area contributed by atoms with Crippen molar-refractivity contribution >= 4 is 29.4 Å². The van der Waals surface area contributed by atoms with Gasteiger partial charge in [-0.2, -0.15) is 0 Å². The van der Waals surface area contributed by atoms with Crippen LogP contribution in [0.2, 0.25) is 5.02 Å². The van der Waals surface area contributed by atoms with Crippen molar-refractivity contribution in [3.05, 3.63) is 64.7 Å². The van der Waals surface area contributed by atoms with Gasteiger partial charge in [0.1, 0.15) is 5.56 Å². The van der Waals surface area contributed by atoms with E-state index >= 15 is 0 Å². The van der Waals surface area contributed by atoms with Gasteiger partial charge in [-0.3, -0.25) is 9.59 Å². The normalized spacial score (nSPS) is 10.3. The highest BCUT2D eigenvalue weighted by Crippen LogP contribution is 2.28. The van der Waals surface area contributed by atoms with Crippen LogP contribution in [0.1, 0.15) is 22.3 Å². The molecule has 3 N–H and O–H groups in total. The van der Waals surface area contributed by atoms with Crippen molar-refractivity contribution in [2.75, 3.05) is 19.7 Å². The quantitative estimate of drug-likeness (QED) is 0.631. The molecule has 2 aromatic rings. The molecule has 0 aliphatic rings. The highest BCUT2D eigenvalue weighted by Gasteiger charge is 2.19. The third-order valence-corrected chi connectivity index (χ3v) is 4.27. The molecule has 148 valence electrons. The fourth-order valence-corrected chi connectivity index (χ4v) is 2.88. The minimum atomic E-state index is -1.22. The fourth-order valence-electron chi connectivity index (χ4n) is 2.65. The van der Waals surface area contributed by atoms with Crippen molar-refractivity contribution < 1.29 is 24.2 Å². The summed E-state index contributed by atoms with van der Waals surface area (Å²) in [5, 5.41) is 9.29. The molecule has 8 heteroatoms. The number of nitrogens with two attached hydrogens (primary N) is 1. The molecule has 28 heavy (non-hydrogen) atoms. The van der Waals surface area contributed by atoms with Crippen LogP contribution < -0.4 is 10.5 Å². The van der Waals surface area contributed by atoms with Gasteiger partial charge < -0.3 is 20.5 Å². The first-order valence-electron chi connectivity index (χ1n) is 8.63. The van der Waals surface area contributed by atoms with Gasteiger partial charge >= 0.3 is 5.97 Å². The van der Waals surface area contributed by atoms with Crippen molar-refractivity contribution in [3.63, 3.8) is 0 Å². The molecule has 7 nitrogen and oxygen atoms in total. The van der Waals surface area contributed by atoms with E-state index in [4.69, 9.17) is 22.1 Å². The standard InChI is InChI=1S/C20H21ClN2O5/c21-16-10-4-9-15(20(26)27)19(16)28-13-18(25)23(12-17(22)24)11-5-8-14-6-2-1-3-7-14/h1-4,6-7,9-10H,5,8,11-13H2,(H2,22,24)(H,26,27). The smallest absolute Gasteiger partial charge is 0.339 e. The first-order valence-corrected chi connectivity index (χ1v) is 9.01. The number of halogens is 1. The van der Waals surface area contributed by atoms with Crippen LogP contribution in [-0.2, 0) is 16.0 Å². The van der Waals surface area contributed by atoms with E-state index in [0.717, 1.165) is 12.0 Å². The molecule has 0 heterocycles. The first-order chi connectivity index (χ1) is 13.4. The Bertz CT molecular complexity index is 842. The fraction of sp³-hybridized carbons (Fsp3) is 0.250. The van der Waals surface area contributed by atoms with Gasteiger partial charge in [-0.1, -0.05) is 48.0 Å². The van der Waals surface area contributed by atoms with E-state index < -0.39 is 24.4 Å². The third-order valence-electron chi connectivity index (χ3n) is 3.97. The van der Waals surface area contributed by atoms with Crippen molar-refractivity contribution in [1.82, 2.24) is 4.90 Å². The number of carbonyl (C=O) groups excluding carboxylic acids is 2. The Hall–Kier alpha value is -3.06. The zero-order chi connectivity index (χ0) is 20.5. The number of carboxylic acid groups (broad SMARTS) is 1. The van der Waals surface area contributed by atoms with Crippen LogP contribution in [0.5, 0.6) is 5.75 Å². The summed E-state index contributed by atoms with van der Waals surface area (Å²) in [7, 11) is 0. The molecule has 0 fully saturated rings. The van der Waals surface area contributed by atoms with Crippen LogP contribution in [0, 0.1) is 0 Å². The Morgan fingerprint density at radius 1 is 1.07 bits per heavy atom. The molecule has 0 unspecified atom stereocenters. The third kappa shape index (κ3) is 6.28. The van der Waals surface area contributed by atoms with E-state index in [1.165, 1.54) is 23.1 Å². The highest BCUT2D eigenvalue weighted by molar-refractivity contribution is 6.32. The minimum absolute atomic E-state index is 0.0817. The van der Waals surface area contributed by atoms with Gasteiger partial charge in [0.05, 0.1) is 11.6 Å². The number of rotatable bonds is 10. The Labute approximate surface area is 167 Å². The summed E-state index contributed by atoms with van der Waals surface area (Å²) >= 11 is 5.98. The second-order valence-electron chi connectivity index (χ2n) is 6.08. The second kappa shape index (κ2) is 10.3. The molecule has 2 aromatic carbocycles. The van der Waals surface area contributed by atoms with Crippen LogP contribution >= 0.6 is 11.6 Å². The molecule has 0 radical (unpaired) electrons.